The molecule has 1 aromatic rings. The van der Waals surface area contributed by atoms with Crippen LogP contribution >= 0.6 is 11.3 Å². The molecule has 100 valence electrons. The molecule has 1 aromatic heterocycles. The molecule has 1 saturated carbocycles. The third kappa shape index (κ3) is 2.41. The van der Waals surface area contributed by atoms with Crippen molar-refractivity contribution >= 4 is 16.5 Å². The van der Waals surface area contributed by atoms with Gasteiger partial charge in [0.2, 0.25) is 0 Å². The third-order valence-electron chi connectivity index (χ3n) is 3.78. The van der Waals surface area contributed by atoms with E-state index in [-0.39, 0.29) is 6.04 Å². The van der Waals surface area contributed by atoms with Gasteiger partial charge >= 0.3 is 0 Å². The van der Waals surface area contributed by atoms with Crippen LogP contribution in [0.15, 0.2) is 0 Å². The second kappa shape index (κ2) is 4.82. The summed E-state index contributed by atoms with van der Waals surface area (Å²) in [6.45, 7) is 5.70. The van der Waals surface area contributed by atoms with Gasteiger partial charge in [-0.05, 0) is 38.0 Å². The standard InChI is InChI=1S/C14H23N3S/c1-9(2)8-17(10-6-7-10)14-16-12-5-3-4-11(15)13(12)18-14/h9-11H,3-8,15H2,1-2H3. The number of thiazole rings is 1. The van der Waals surface area contributed by atoms with E-state index in [2.05, 4.69) is 18.7 Å². The number of nitrogens with two attached hydrogens (primary N) is 1. The molecule has 1 unspecified atom stereocenters. The molecule has 0 aliphatic heterocycles. The lowest BCUT2D eigenvalue weighted by Gasteiger charge is -2.23. The highest BCUT2D eigenvalue weighted by Crippen LogP contribution is 2.40. The van der Waals surface area contributed by atoms with E-state index >= 15 is 0 Å². The number of hydrogen-bond donors (Lipinski definition) is 1. The SMILES string of the molecule is CC(C)CN(c1nc2c(s1)C(N)CCC2)C1CC1. The summed E-state index contributed by atoms with van der Waals surface area (Å²) in [6.07, 6.45) is 6.12. The topological polar surface area (TPSA) is 42.2 Å². The molecule has 4 heteroatoms. The number of anilines is 1. The number of aromatic nitrogens is 1. The fourth-order valence-corrected chi connectivity index (χ4v) is 3.95. The van der Waals surface area contributed by atoms with Gasteiger partial charge in [-0.15, -0.1) is 0 Å². The van der Waals surface area contributed by atoms with E-state index in [1.807, 2.05) is 11.3 Å². The highest BCUT2D eigenvalue weighted by atomic mass is 32.1. The summed E-state index contributed by atoms with van der Waals surface area (Å²) in [4.78, 5) is 8.76. The third-order valence-corrected chi connectivity index (χ3v) is 5.04. The first-order chi connectivity index (χ1) is 8.65. The first kappa shape index (κ1) is 12.4. The van der Waals surface area contributed by atoms with Crippen molar-refractivity contribution in [2.75, 3.05) is 11.4 Å². The molecule has 3 rings (SSSR count). The van der Waals surface area contributed by atoms with Gasteiger partial charge < -0.3 is 10.6 Å². The minimum atomic E-state index is 0.236. The highest BCUT2D eigenvalue weighted by molar-refractivity contribution is 7.15. The molecule has 0 aromatic carbocycles. The van der Waals surface area contributed by atoms with Gasteiger partial charge in [0, 0.05) is 23.5 Å². The second-order valence-corrected chi connectivity index (χ2v) is 7.09. The van der Waals surface area contributed by atoms with Gasteiger partial charge in [0.25, 0.3) is 0 Å². The van der Waals surface area contributed by atoms with E-state index in [1.165, 1.54) is 35.0 Å². The Kier molecular flexibility index (Phi) is 3.32. The maximum Gasteiger partial charge on any atom is 0.186 e. The van der Waals surface area contributed by atoms with Crippen LogP contribution in [0.5, 0.6) is 0 Å². The molecule has 2 aliphatic rings. The molecule has 1 heterocycles. The fourth-order valence-electron chi connectivity index (χ4n) is 2.73. The van der Waals surface area contributed by atoms with Gasteiger partial charge in [-0.1, -0.05) is 25.2 Å². The van der Waals surface area contributed by atoms with E-state index in [0.717, 1.165) is 25.4 Å². The van der Waals surface area contributed by atoms with Crippen molar-refractivity contribution in [2.24, 2.45) is 11.7 Å². The minimum Gasteiger partial charge on any atom is -0.345 e. The molecule has 0 saturated heterocycles. The maximum atomic E-state index is 6.20. The van der Waals surface area contributed by atoms with Crippen LogP contribution in [0.4, 0.5) is 5.13 Å². The zero-order valence-corrected chi connectivity index (χ0v) is 12.2. The minimum absolute atomic E-state index is 0.236. The largest absolute Gasteiger partial charge is 0.345 e. The van der Waals surface area contributed by atoms with Crippen molar-refractivity contribution in [1.82, 2.24) is 4.98 Å². The Morgan fingerprint density at radius 3 is 2.78 bits per heavy atom. The van der Waals surface area contributed by atoms with Crippen LogP contribution in [0.3, 0.4) is 0 Å². The van der Waals surface area contributed by atoms with Crippen LogP contribution < -0.4 is 10.6 Å². The van der Waals surface area contributed by atoms with Gasteiger partial charge in [0.15, 0.2) is 5.13 Å². The Morgan fingerprint density at radius 1 is 1.39 bits per heavy atom. The Balaban J connectivity index is 1.85. The van der Waals surface area contributed by atoms with E-state index in [0.29, 0.717) is 5.92 Å². The van der Waals surface area contributed by atoms with Crippen molar-refractivity contribution in [3.8, 4) is 0 Å². The van der Waals surface area contributed by atoms with Crippen LogP contribution in [0.25, 0.3) is 0 Å². The molecular weight excluding hydrogens is 242 g/mol. The van der Waals surface area contributed by atoms with Gasteiger partial charge in [-0.2, -0.15) is 0 Å². The fraction of sp³-hybridized carbons (Fsp3) is 0.786. The smallest absolute Gasteiger partial charge is 0.186 e. The summed E-state index contributed by atoms with van der Waals surface area (Å²) in [5, 5.41) is 1.23. The average Bonchev–Trinajstić information content (AvgIpc) is 3.05. The lowest BCUT2D eigenvalue weighted by molar-refractivity contribution is 0.572. The van der Waals surface area contributed by atoms with Gasteiger partial charge in [0.1, 0.15) is 0 Å². The molecule has 2 aliphatic carbocycles. The first-order valence-corrected chi connectivity index (χ1v) is 7.98. The predicted molar refractivity (Wildman–Crippen MR) is 77.2 cm³/mol. The lowest BCUT2D eigenvalue weighted by Crippen LogP contribution is -2.29. The molecule has 1 fully saturated rings. The zero-order valence-electron chi connectivity index (χ0n) is 11.4. The van der Waals surface area contributed by atoms with Crippen molar-refractivity contribution in [1.29, 1.82) is 0 Å². The summed E-state index contributed by atoms with van der Waals surface area (Å²) < 4.78 is 0. The summed E-state index contributed by atoms with van der Waals surface area (Å²) in [5.74, 6) is 0.695. The van der Waals surface area contributed by atoms with E-state index in [1.54, 1.807) is 0 Å². The summed E-state index contributed by atoms with van der Waals surface area (Å²) in [5.41, 5.74) is 7.49. The van der Waals surface area contributed by atoms with Crippen LogP contribution in [-0.4, -0.2) is 17.6 Å². The normalized spacial score (nSPS) is 23.2. The average molecular weight is 265 g/mol. The van der Waals surface area contributed by atoms with Crippen LogP contribution in [0.1, 0.15) is 56.1 Å². The van der Waals surface area contributed by atoms with Crippen LogP contribution in [0, 0.1) is 5.92 Å². The van der Waals surface area contributed by atoms with Crippen molar-refractivity contribution in [3.63, 3.8) is 0 Å². The van der Waals surface area contributed by atoms with Gasteiger partial charge in [-0.3, -0.25) is 0 Å². The Morgan fingerprint density at radius 2 is 2.17 bits per heavy atom. The maximum absolute atomic E-state index is 6.20. The predicted octanol–water partition coefficient (Wildman–Crippen LogP) is 3.10. The molecule has 1 atom stereocenters. The van der Waals surface area contributed by atoms with E-state index < -0.39 is 0 Å². The van der Waals surface area contributed by atoms with Crippen molar-refractivity contribution in [2.45, 2.75) is 58.0 Å². The number of aryl methyl sites for hydroxylation is 1. The number of fused-ring (bicyclic) bond motifs is 1. The molecule has 0 bridgehead atoms. The summed E-state index contributed by atoms with van der Waals surface area (Å²) >= 11 is 1.85. The highest BCUT2D eigenvalue weighted by Gasteiger charge is 2.33. The van der Waals surface area contributed by atoms with Gasteiger partial charge in [-0.25, -0.2) is 4.98 Å². The molecule has 0 spiro atoms. The molecule has 0 amide bonds. The molecule has 2 N–H and O–H groups in total. The lowest BCUT2D eigenvalue weighted by atomic mass is 9.99. The quantitative estimate of drug-likeness (QED) is 0.909. The number of hydrogen-bond acceptors (Lipinski definition) is 4. The Labute approximate surface area is 113 Å². The van der Waals surface area contributed by atoms with E-state index in [9.17, 15) is 0 Å². The monoisotopic (exact) mass is 265 g/mol. The van der Waals surface area contributed by atoms with Crippen molar-refractivity contribution in [3.05, 3.63) is 10.6 Å². The first-order valence-electron chi connectivity index (χ1n) is 7.17. The molecule has 18 heavy (non-hydrogen) atoms. The number of rotatable bonds is 4. The molecule has 0 radical (unpaired) electrons. The second-order valence-electron chi connectivity index (χ2n) is 6.08. The van der Waals surface area contributed by atoms with E-state index in [4.69, 9.17) is 10.7 Å². The summed E-state index contributed by atoms with van der Waals surface area (Å²) in [6, 6.07) is 0.983. The molecular formula is C14H23N3S. The van der Waals surface area contributed by atoms with Crippen LogP contribution in [0.2, 0.25) is 0 Å². The summed E-state index contributed by atoms with van der Waals surface area (Å²) in [7, 11) is 0. The van der Waals surface area contributed by atoms with Gasteiger partial charge in [0.05, 0.1) is 5.69 Å². The van der Waals surface area contributed by atoms with Crippen LogP contribution in [-0.2, 0) is 6.42 Å². The van der Waals surface area contributed by atoms with Crippen molar-refractivity contribution < 1.29 is 0 Å². The Hall–Kier alpha value is -0.610. The number of nitrogens with zero attached hydrogens (tertiary/aromatic N) is 2. The zero-order chi connectivity index (χ0) is 12.7. The Bertz CT molecular complexity index is 423. The molecule has 3 nitrogen and oxygen atoms in total.